The summed E-state index contributed by atoms with van der Waals surface area (Å²) in [5.41, 5.74) is 0.505. The monoisotopic (exact) mass is 509 g/mol. The van der Waals surface area contributed by atoms with E-state index in [9.17, 15) is 22.8 Å². The fourth-order valence-electron chi connectivity index (χ4n) is 5.05. The van der Waals surface area contributed by atoms with Crippen molar-refractivity contribution in [2.24, 2.45) is 0 Å². The van der Waals surface area contributed by atoms with Crippen LogP contribution in [0.5, 0.6) is 0 Å². The van der Waals surface area contributed by atoms with Crippen LogP contribution >= 0.6 is 11.6 Å². The number of nitrogens with zero attached hydrogens (tertiary/aromatic N) is 3. The Bertz CT molecular complexity index is 1220. The molecule has 0 N–H and O–H groups in total. The van der Waals surface area contributed by atoms with Gasteiger partial charge in [0.1, 0.15) is 18.0 Å². The molecule has 11 heteroatoms. The largest absolute Gasteiger partial charge is 0.416 e. The molecular weight excluding hydrogens is 487 g/mol. The van der Waals surface area contributed by atoms with Gasteiger partial charge in [-0.15, -0.1) is 0 Å². The highest BCUT2D eigenvalue weighted by Crippen LogP contribution is 2.42. The summed E-state index contributed by atoms with van der Waals surface area (Å²) >= 11 is 6.36. The van der Waals surface area contributed by atoms with Crippen molar-refractivity contribution in [1.82, 2.24) is 4.98 Å². The smallest absolute Gasteiger partial charge is 0.341 e. The molecule has 0 unspecified atom stereocenters. The first-order valence-electron chi connectivity index (χ1n) is 11.2. The highest BCUT2D eigenvalue weighted by Gasteiger charge is 2.61. The van der Waals surface area contributed by atoms with Gasteiger partial charge in [-0.2, -0.15) is 13.2 Å². The molecule has 0 aliphatic carbocycles. The predicted molar refractivity (Wildman–Crippen MR) is 121 cm³/mol. The van der Waals surface area contributed by atoms with Crippen LogP contribution in [-0.4, -0.2) is 47.4 Å². The Morgan fingerprint density at radius 1 is 1.23 bits per heavy atom. The molecule has 2 saturated heterocycles. The van der Waals surface area contributed by atoms with Gasteiger partial charge in [-0.05, 0) is 63.4 Å². The summed E-state index contributed by atoms with van der Waals surface area (Å²) in [5, 5.41) is 0.522. The zero-order valence-electron chi connectivity index (χ0n) is 19.2. The van der Waals surface area contributed by atoms with Gasteiger partial charge in [-0.1, -0.05) is 17.7 Å². The van der Waals surface area contributed by atoms with Crippen LogP contribution < -0.4 is 9.80 Å². The number of halogens is 4. The third kappa shape index (κ3) is 4.07. The van der Waals surface area contributed by atoms with Gasteiger partial charge in [0, 0.05) is 22.9 Å². The fourth-order valence-corrected chi connectivity index (χ4v) is 5.31. The van der Waals surface area contributed by atoms with Crippen molar-refractivity contribution >= 4 is 34.9 Å². The standard InChI is InChI=1S/C24H23ClF3N3O4/c1-12-10-13(24(26,27)28)11-17(29-12)31-18(19-20(22(31)33)35-23(2,3)34-19)21(32)30-9-5-6-14-15(25)7-4-8-16(14)30/h4,7-8,10-11,18-20H,5-6,9H2,1-3H3/t18-,19-,20-/m0/s1. The number of hydrogen-bond donors (Lipinski definition) is 0. The van der Waals surface area contributed by atoms with E-state index in [0.29, 0.717) is 30.1 Å². The van der Waals surface area contributed by atoms with E-state index in [-0.39, 0.29) is 11.5 Å². The Kier molecular flexibility index (Phi) is 5.61. The molecule has 3 aliphatic rings. The van der Waals surface area contributed by atoms with Crippen molar-refractivity contribution in [2.45, 2.75) is 63.8 Å². The molecular formula is C24H23ClF3N3O4. The normalized spacial score (nSPS) is 25.6. The number of carbonyl (C=O) groups is 2. The second kappa shape index (κ2) is 8.18. The van der Waals surface area contributed by atoms with Gasteiger partial charge >= 0.3 is 6.18 Å². The van der Waals surface area contributed by atoms with Crippen LogP contribution in [0.1, 0.15) is 37.1 Å². The Hall–Kier alpha value is -2.69. The van der Waals surface area contributed by atoms with E-state index in [1.165, 1.54) is 11.8 Å². The van der Waals surface area contributed by atoms with Gasteiger partial charge in [-0.3, -0.25) is 14.5 Å². The van der Waals surface area contributed by atoms with Gasteiger partial charge in [0.25, 0.3) is 11.8 Å². The van der Waals surface area contributed by atoms with E-state index in [4.69, 9.17) is 21.1 Å². The number of aryl methyl sites for hydroxylation is 1. The molecule has 2 aromatic rings. The number of rotatable bonds is 2. The van der Waals surface area contributed by atoms with Crippen molar-refractivity contribution in [2.75, 3.05) is 16.3 Å². The fraction of sp³-hybridized carbons (Fsp3) is 0.458. The first-order chi connectivity index (χ1) is 16.4. The number of anilines is 2. The highest BCUT2D eigenvalue weighted by atomic mass is 35.5. The first-order valence-corrected chi connectivity index (χ1v) is 11.6. The van der Waals surface area contributed by atoms with Gasteiger partial charge in [0.05, 0.1) is 5.56 Å². The Morgan fingerprint density at radius 2 is 1.97 bits per heavy atom. The minimum Gasteiger partial charge on any atom is -0.341 e. The van der Waals surface area contributed by atoms with Gasteiger partial charge < -0.3 is 14.4 Å². The van der Waals surface area contributed by atoms with E-state index in [1.54, 1.807) is 32.0 Å². The molecule has 0 saturated carbocycles. The summed E-state index contributed by atoms with van der Waals surface area (Å²) < 4.78 is 52.4. The molecule has 2 fully saturated rings. The van der Waals surface area contributed by atoms with E-state index < -0.39 is 47.6 Å². The quantitative estimate of drug-likeness (QED) is 0.604. The van der Waals surface area contributed by atoms with Crippen molar-refractivity contribution in [3.05, 3.63) is 52.2 Å². The van der Waals surface area contributed by atoms with Crippen molar-refractivity contribution in [3.8, 4) is 0 Å². The maximum absolute atomic E-state index is 14.0. The number of benzene rings is 1. The molecule has 2 amide bonds. The molecule has 3 aliphatic heterocycles. The van der Waals surface area contributed by atoms with Crippen LogP contribution in [0, 0.1) is 6.92 Å². The number of fused-ring (bicyclic) bond motifs is 2. The van der Waals surface area contributed by atoms with Crippen molar-refractivity contribution in [3.63, 3.8) is 0 Å². The van der Waals surface area contributed by atoms with Crippen molar-refractivity contribution in [1.29, 1.82) is 0 Å². The van der Waals surface area contributed by atoms with Gasteiger partial charge in [0.2, 0.25) is 0 Å². The molecule has 7 nitrogen and oxygen atoms in total. The number of pyridine rings is 1. The van der Waals surface area contributed by atoms with Crippen LogP contribution in [0.15, 0.2) is 30.3 Å². The third-order valence-electron chi connectivity index (χ3n) is 6.43. The zero-order valence-corrected chi connectivity index (χ0v) is 20.0. The average Bonchev–Trinajstić information content (AvgIpc) is 3.22. The van der Waals surface area contributed by atoms with Gasteiger partial charge in [-0.25, -0.2) is 4.98 Å². The lowest BCUT2D eigenvalue weighted by Crippen LogP contribution is -2.53. The summed E-state index contributed by atoms with van der Waals surface area (Å²) in [4.78, 5) is 34.2. The third-order valence-corrected chi connectivity index (χ3v) is 6.78. The lowest BCUT2D eigenvalue weighted by molar-refractivity contribution is -0.161. The minimum atomic E-state index is -4.65. The first kappa shape index (κ1) is 24.0. The number of aromatic nitrogens is 1. The molecule has 3 atom stereocenters. The van der Waals surface area contributed by atoms with Gasteiger partial charge in [0.15, 0.2) is 11.9 Å². The van der Waals surface area contributed by atoms with E-state index in [2.05, 4.69) is 4.98 Å². The Labute approximate surface area is 204 Å². The summed E-state index contributed by atoms with van der Waals surface area (Å²) in [7, 11) is 0. The van der Waals surface area contributed by atoms with E-state index >= 15 is 0 Å². The maximum atomic E-state index is 14.0. The highest BCUT2D eigenvalue weighted by molar-refractivity contribution is 6.32. The Balaban J connectivity index is 1.61. The van der Waals surface area contributed by atoms with Crippen LogP contribution in [0.2, 0.25) is 5.02 Å². The molecule has 1 aromatic heterocycles. The second-order valence-electron chi connectivity index (χ2n) is 9.36. The lowest BCUT2D eigenvalue weighted by atomic mass is 9.99. The van der Waals surface area contributed by atoms with Crippen LogP contribution in [0.4, 0.5) is 24.7 Å². The van der Waals surface area contributed by atoms with Crippen LogP contribution in [-0.2, 0) is 31.7 Å². The lowest BCUT2D eigenvalue weighted by Gasteiger charge is -2.36. The molecule has 1 aromatic carbocycles. The minimum absolute atomic E-state index is 0.0585. The van der Waals surface area contributed by atoms with E-state index in [0.717, 1.165) is 22.6 Å². The average molecular weight is 510 g/mol. The van der Waals surface area contributed by atoms with Crippen molar-refractivity contribution < 1.29 is 32.2 Å². The number of alkyl halides is 3. The molecule has 0 radical (unpaired) electrons. The summed E-state index contributed by atoms with van der Waals surface area (Å²) in [5.74, 6) is -2.58. The van der Waals surface area contributed by atoms with Crippen LogP contribution in [0.3, 0.4) is 0 Å². The summed E-state index contributed by atoms with van der Waals surface area (Å²) in [6.07, 6.45) is -5.51. The maximum Gasteiger partial charge on any atom is 0.416 e. The topological polar surface area (TPSA) is 72.0 Å². The number of carbonyl (C=O) groups excluding carboxylic acids is 2. The predicted octanol–water partition coefficient (Wildman–Crippen LogP) is 4.28. The molecule has 0 spiro atoms. The molecule has 35 heavy (non-hydrogen) atoms. The number of ether oxygens (including phenoxy) is 2. The molecule has 5 rings (SSSR count). The second-order valence-corrected chi connectivity index (χ2v) is 9.77. The van der Waals surface area contributed by atoms with Crippen LogP contribution in [0.25, 0.3) is 0 Å². The molecule has 0 bridgehead atoms. The number of amides is 2. The van der Waals surface area contributed by atoms with E-state index in [1.807, 2.05) is 0 Å². The summed E-state index contributed by atoms with van der Waals surface area (Å²) in [6, 6.07) is 5.62. The molecule has 186 valence electrons. The zero-order chi connectivity index (χ0) is 25.3. The summed E-state index contributed by atoms with van der Waals surface area (Å²) in [6.45, 7) is 5.00. The number of hydrogen-bond acceptors (Lipinski definition) is 5. The molecule has 4 heterocycles. The SMILES string of the molecule is Cc1cc(C(F)(F)F)cc(N2C(=O)[C@H]3OC(C)(C)O[C@H]3[C@H]2C(=O)N2CCCc3c(Cl)cccc32)n1. The Morgan fingerprint density at radius 3 is 2.69 bits per heavy atom.